The van der Waals surface area contributed by atoms with E-state index in [2.05, 4.69) is 156 Å². The Labute approximate surface area is 314 Å². The highest BCUT2D eigenvalue weighted by atomic mass is 15.3. The van der Waals surface area contributed by atoms with Crippen LogP contribution in [0.25, 0.3) is 0 Å². The van der Waals surface area contributed by atoms with Gasteiger partial charge in [-0.25, -0.2) is 15.0 Å². The van der Waals surface area contributed by atoms with Gasteiger partial charge in [-0.3, -0.25) is 9.80 Å². The van der Waals surface area contributed by atoms with Crippen LogP contribution in [0.15, 0.2) is 103 Å². The minimum absolute atomic E-state index is 0.655. The average molecular weight is 696 g/mol. The van der Waals surface area contributed by atoms with Gasteiger partial charge in [-0.05, 0) is 146 Å². The Morgan fingerprint density at radius 1 is 0.385 bits per heavy atom. The van der Waals surface area contributed by atoms with Crippen LogP contribution in [-0.2, 0) is 25.7 Å². The van der Waals surface area contributed by atoms with Crippen molar-refractivity contribution in [2.45, 2.75) is 107 Å². The second kappa shape index (κ2) is 18.8. The van der Waals surface area contributed by atoms with Crippen LogP contribution in [0.1, 0.15) is 103 Å². The van der Waals surface area contributed by atoms with Gasteiger partial charge in [-0.2, -0.15) is 0 Å². The SMILES string of the molecule is CC(C)CCc1ccc(N(c2ccc(CCC(C)C)cn2)c2cccc(N(c3ccc(CCC(C)C)cc3)c3ccc(CCC(C)C)cn3)n2)cc1. The zero-order valence-corrected chi connectivity index (χ0v) is 33.0. The summed E-state index contributed by atoms with van der Waals surface area (Å²) in [5.41, 5.74) is 7.29. The summed E-state index contributed by atoms with van der Waals surface area (Å²) in [6.45, 7) is 18.2. The number of anilines is 6. The molecule has 3 heterocycles. The molecule has 0 aliphatic heterocycles. The van der Waals surface area contributed by atoms with Crippen molar-refractivity contribution in [3.63, 3.8) is 0 Å². The summed E-state index contributed by atoms with van der Waals surface area (Å²) in [5, 5.41) is 0. The van der Waals surface area contributed by atoms with Crippen molar-refractivity contribution in [1.29, 1.82) is 0 Å². The van der Waals surface area contributed by atoms with E-state index >= 15 is 0 Å². The third kappa shape index (κ3) is 11.2. The first-order valence-corrected chi connectivity index (χ1v) is 19.7. The molecule has 5 aromatic rings. The molecule has 0 spiro atoms. The number of hydrogen-bond donors (Lipinski definition) is 0. The molecule has 52 heavy (non-hydrogen) atoms. The summed E-state index contributed by atoms with van der Waals surface area (Å²) in [5.74, 6) is 5.97. The quantitative estimate of drug-likeness (QED) is 0.0913. The van der Waals surface area contributed by atoms with Gasteiger partial charge in [0.15, 0.2) is 0 Å². The molecule has 274 valence electrons. The summed E-state index contributed by atoms with van der Waals surface area (Å²) in [6.07, 6.45) is 12.9. The van der Waals surface area contributed by atoms with Crippen LogP contribution in [-0.4, -0.2) is 15.0 Å². The van der Waals surface area contributed by atoms with Crippen molar-refractivity contribution in [2.75, 3.05) is 9.80 Å². The van der Waals surface area contributed by atoms with Gasteiger partial charge in [-0.15, -0.1) is 0 Å². The summed E-state index contributed by atoms with van der Waals surface area (Å²) in [6, 6.07) is 32.8. The first kappa shape index (κ1) is 38.7. The van der Waals surface area contributed by atoms with Gasteiger partial charge in [0.1, 0.15) is 23.3 Å². The van der Waals surface area contributed by atoms with Crippen LogP contribution in [0, 0.1) is 23.7 Å². The first-order valence-electron chi connectivity index (χ1n) is 19.7. The molecule has 5 nitrogen and oxygen atoms in total. The predicted molar refractivity (Wildman–Crippen MR) is 222 cm³/mol. The van der Waals surface area contributed by atoms with Crippen LogP contribution < -0.4 is 9.80 Å². The van der Waals surface area contributed by atoms with Gasteiger partial charge in [0, 0.05) is 23.8 Å². The van der Waals surface area contributed by atoms with Crippen LogP contribution in [0.3, 0.4) is 0 Å². The van der Waals surface area contributed by atoms with E-state index in [0.717, 1.165) is 73.2 Å². The van der Waals surface area contributed by atoms with Crippen LogP contribution in [0.4, 0.5) is 34.6 Å². The molecule has 0 aliphatic carbocycles. The molecule has 0 radical (unpaired) electrons. The molecule has 0 saturated carbocycles. The van der Waals surface area contributed by atoms with Crippen molar-refractivity contribution in [3.05, 3.63) is 126 Å². The molecular formula is C47H61N5. The minimum atomic E-state index is 0.655. The zero-order chi connectivity index (χ0) is 37.0. The van der Waals surface area contributed by atoms with E-state index in [1.807, 2.05) is 12.4 Å². The van der Waals surface area contributed by atoms with Crippen molar-refractivity contribution in [2.24, 2.45) is 23.7 Å². The molecule has 0 amide bonds. The molecule has 0 bridgehead atoms. The largest absolute Gasteiger partial charge is 0.279 e. The Bertz CT molecular complexity index is 1530. The number of benzene rings is 2. The maximum absolute atomic E-state index is 5.38. The molecule has 5 heteroatoms. The second-order valence-corrected chi connectivity index (χ2v) is 16.1. The van der Waals surface area contributed by atoms with Crippen LogP contribution in [0.2, 0.25) is 0 Å². The summed E-state index contributed by atoms with van der Waals surface area (Å²) in [7, 11) is 0. The monoisotopic (exact) mass is 695 g/mol. The van der Waals surface area contributed by atoms with Crippen molar-refractivity contribution < 1.29 is 0 Å². The van der Waals surface area contributed by atoms with E-state index in [1.54, 1.807) is 0 Å². The fraction of sp³-hybridized carbons (Fsp3) is 0.426. The molecule has 3 aromatic heterocycles. The van der Waals surface area contributed by atoms with Gasteiger partial charge in [0.25, 0.3) is 0 Å². The zero-order valence-electron chi connectivity index (χ0n) is 33.0. The Morgan fingerprint density at radius 2 is 0.712 bits per heavy atom. The van der Waals surface area contributed by atoms with E-state index in [9.17, 15) is 0 Å². The summed E-state index contributed by atoms with van der Waals surface area (Å²) in [4.78, 5) is 19.8. The Balaban J connectivity index is 1.55. The first-order chi connectivity index (χ1) is 25.0. The minimum Gasteiger partial charge on any atom is -0.279 e. The molecule has 0 unspecified atom stereocenters. The van der Waals surface area contributed by atoms with Gasteiger partial charge in [0.2, 0.25) is 0 Å². The third-order valence-electron chi connectivity index (χ3n) is 9.68. The number of hydrogen-bond acceptors (Lipinski definition) is 5. The van der Waals surface area contributed by atoms with Crippen molar-refractivity contribution in [3.8, 4) is 0 Å². The highest BCUT2D eigenvalue weighted by Crippen LogP contribution is 2.37. The second-order valence-electron chi connectivity index (χ2n) is 16.1. The van der Waals surface area contributed by atoms with E-state index in [0.29, 0.717) is 23.7 Å². The molecule has 0 fully saturated rings. The van der Waals surface area contributed by atoms with Gasteiger partial charge in [-0.1, -0.05) is 97.9 Å². The smallest absolute Gasteiger partial charge is 0.141 e. The standard InChI is InChI=1S/C47H61N5/c1-34(2)12-16-38-20-26-42(27-21-38)51(44-30-24-40(32-48-44)18-14-36(5)6)46-10-9-11-47(50-46)52(43-28-22-39(23-29-43)17-13-35(3)4)45-31-25-41(33-49-45)19-15-37(7)8/h9-11,20-37H,12-19H2,1-8H3. The molecule has 0 N–H and O–H groups in total. The number of nitrogens with zero attached hydrogens (tertiary/aromatic N) is 5. The number of pyridine rings is 3. The Hall–Kier alpha value is -4.51. The van der Waals surface area contributed by atoms with E-state index < -0.39 is 0 Å². The summed E-state index contributed by atoms with van der Waals surface area (Å²) < 4.78 is 0. The van der Waals surface area contributed by atoms with Gasteiger partial charge >= 0.3 is 0 Å². The topological polar surface area (TPSA) is 45.2 Å². The van der Waals surface area contributed by atoms with E-state index in [1.165, 1.54) is 35.1 Å². The highest BCUT2D eigenvalue weighted by molar-refractivity contribution is 5.77. The van der Waals surface area contributed by atoms with E-state index in [-0.39, 0.29) is 0 Å². The van der Waals surface area contributed by atoms with Crippen molar-refractivity contribution >= 4 is 34.6 Å². The van der Waals surface area contributed by atoms with Gasteiger partial charge in [0.05, 0.1) is 0 Å². The van der Waals surface area contributed by atoms with Crippen LogP contribution in [0.5, 0.6) is 0 Å². The lowest BCUT2D eigenvalue weighted by Crippen LogP contribution is -2.17. The lowest BCUT2D eigenvalue weighted by atomic mass is 10.0. The fourth-order valence-electron chi connectivity index (χ4n) is 6.26. The van der Waals surface area contributed by atoms with Crippen molar-refractivity contribution in [1.82, 2.24) is 15.0 Å². The third-order valence-corrected chi connectivity index (χ3v) is 9.68. The summed E-state index contributed by atoms with van der Waals surface area (Å²) >= 11 is 0. The maximum atomic E-state index is 5.38. The van der Waals surface area contributed by atoms with Gasteiger partial charge < -0.3 is 0 Å². The Morgan fingerprint density at radius 3 is 1.02 bits per heavy atom. The maximum Gasteiger partial charge on any atom is 0.141 e. The predicted octanol–water partition coefficient (Wildman–Crippen LogP) is 13.2. The fourth-order valence-corrected chi connectivity index (χ4v) is 6.26. The highest BCUT2D eigenvalue weighted by Gasteiger charge is 2.20. The number of aromatic nitrogens is 3. The molecule has 0 saturated heterocycles. The molecular weight excluding hydrogens is 635 g/mol. The molecule has 0 atom stereocenters. The number of rotatable bonds is 18. The lowest BCUT2D eigenvalue weighted by Gasteiger charge is -2.27. The number of aryl methyl sites for hydroxylation is 4. The van der Waals surface area contributed by atoms with E-state index in [4.69, 9.17) is 15.0 Å². The lowest BCUT2D eigenvalue weighted by molar-refractivity contribution is 0.586. The molecule has 5 rings (SSSR count). The van der Waals surface area contributed by atoms with Crippen LogP contribution >= 0.6 is 0 Å². The average Bonchev–Trinajstić information content (AvgIpc) is 3.14. The Kier molecular flexibility index (Phi) is 14.0. The normalized spacial score (nSPS) is 11.6. The molecule has 0 aliphatic rings. The molecule has 2 aromatic carbocycles.